The van der Waals surface area contributed by atoms with Crippen LogP contribution in [0.1, 0.15) is 33.4 Å². The molecule has 0 heterocycles. The summed E-state index contributed by atoms with van der Waals surface area (Å²) in [6.07, 6.45) is 1.46. The number of methoxy groups -OCH3 is 1. The Morgan fingerprint density at radius 2 is 1.60 bits per heavy atom. The average molecular weight is 494 g/mol. The molecule has 0 saturated carbocycles. The highest BCUT2D eigenvalue weighted by atomic mass is 32.2. The molecule has 0 atom stereocenters. The number of rotatable bonds is 9. The minimum absolute atomic E-state index is 0.0546. The van der Waals surface area contributed by atoms with Gasteiger partial charge in [0.05, 0.1) is 24.8 Å². The Morgan fingerprint density at radius 1 is 0.971 bits per heavy atom. The van der Waals surface area contributed by atoms with Crippen LogP contribution in [0.15, 0.2) is 70.7 Å². The minimum Gasteiger partial charge on any atom is -0.496 e. The molecule has 0 bridgehead atoms. The third-order valence-corrected chi connectivity index (χ3v) is 7.63. The van der Waals surface area contributed by atoms with Crippen molar-refractivity contribution < 1.29 is 17.9 Å². The number of carbonyl (C=O) groups excluding carboxylic acids is 1. The smallest absolute Gasteiger partial charge is 0.255 e. The first-order chi connectivity index (χ1) is 16.6. The van der Waals surface area contributed by atoms with Crippen molar-refractivity contribution in [2.75, 3.05) is 13.7 Å². The van der Waals surface area contributed by atoms with E-state index in [1.54, 1.807) is 33.1 Å². The number of amides is 1. The fraction of sp³-hybridized carbons (Fsp3) is 0.259. The van der Waals surface area contributed by atoms with Gasteiger partial charge in [0.25, 0.3) is 5.91 Å². The normalized spacial score (nSPS) is 11.7. The molecule has 184 valence electrons. The number of nitrogens with zero attached hydrogens (tertiary/aromatic N) is 2. The lowest BCUT2D eigenvalue weighted by molar-refractivity contribution is -0.121. The molecule has 3 aromatic carbocycles. The van der Waals surface area contributed by atoms with Gasteiger partial charge in [0, 0.05) is 12.1 Å². The van der Waals surface area contributed by atoms with E-state index in [0.717, 1.165) is 16.7 Å². The quantitative estimate of drug-likeness (QED) is 0.356. The van der Waals surface area contributed by atoms with Gasteiger partial charge in [0.1, 0.15) is 5.75 Å². The van der Waals surface area contributed by atoms with Gasteiger partial charge in [-0.25, -0.2) is 13.8 Å². The van der Waals surface area contributed by atoms with E-state index in [-0.39, 0.29) is 18.0 Å². The average Bonchev–Trinajstić information content (AvgIpc) is 2.79. The first-order valence-corrected chi connectivity index (χ1v) is 12.6. The number of sulfonamides is 1. The monoisotopic (exact) mass is 493 g/mol. The summed E-state index contributed by atoms with van der Waals surface area (Å²) in [4.78, 5) is 13.0. The van der Waals surface area contributed by atoms with Crippen LogP contribution in [0.3, 0.4) is 0 Å². The molecule has 1 amide bonds. The fourth-order valence-electron chi connectivity index (χ4n) is 3.97. The van der Waals surface area contributed by atoms with Gasteiger partial charge < -0.3 is 4.74 Å². The number of benzene rings is 3. The maximum Gasteiger partial charge on any atom is 0.255 e. The first-order valence-electron chi connectivity index (χ1n) is 11.2. The van der Waals surface area contributed by atoms with E-state index in [2.05, 4.69) is 10.5 Å². The Morgan fingerprint density at radius 3 is 2.23 bits per heavy atom. The van der Waals surface area contributed by atoms with Gasteiger partial charge in [-0.2, -0.15) is 9.41 Å². The molecule has 0 spiro atoms. The summed E-state index contributed by atoms with van der Waals surface area (Å²) in [6, 6.07) is 18.5. The number of carbonyl (C=O) groups is 1. The second kappa shape index (κ2) is 11.3. The highest BCUT2D eigenvalue weighted by Crippen LogP contribution is 2.26. The van der Waals surface area contributed by atoms with Crippen molar-refractivity contribution in [1.29, 1.82) is 0 Å². The van der Waals surface area contributed by atoms with E-state index < -0.39 is 15.9 Å². The lowest BCUT2D eigenvalue weighted by atomic mass is 10.1. The van der Waals surface area contributed by atoms with Gasteiger partial charge in [-0.3, -0.25) is 4.79 Å². The molecule has 35 heavy (non-hydrogen) atoms. The maximum atomic E-state index is 13.8. The summed E-state index contributed by atoms with van der Waals surface area (Å²) in [5.74, 6) is 0.0636. The molecule has 7 nitrogen and oxygen atoms in total. The minimum atomic E-state index is -3.97. The van der Waals surface area contributed by atoms with E-state index in [1.807, 2.05) is 62.4 Å². The van der Waals surface area contributed by atoms with Crippen LogP contribution in [0, 0.1) is 27.7 Å². The zero-order valence-electron chi connectivity index (χ0n) is 20.7. The molecule has 1 N–H and O–H groups in total. The molecular weight excluding hydrogens is 462 g/mol. The molecule has 0 saturated heterocycles. The Bertz CT molecular complexity index is 1310. The van der Waals surface area contributed by atoms with Crippen LogP contribution >= 0.6 is 0 Å². The van der Waals surface area contributed by atoms with Crippen LogP contribution in [0.5, 0.6) is 5.75 Å². The number of hydrazone groups is 1. The van der Waals surface area contributed by atoms with Gasteiger partial charge in [-0.15, -0.1) is 0 Å². The third-order valence-electron chi connectivity index (χ3n) is 5.53. The molecular formula is C27H31N3O4S. The van der Waals surface area contributed by atoms with Crippen molar-refractivity contribution in [3.8, 4) is 5.75 Å². The number of para-hydroxylation sites is 1. The van der Waals surface area contributed by atoms with Crippen LogP contribution in [0.25, 0.3) is 0 Å². The second-order valence-electron chi connectivity index (χ2n) is 8.52. The summed E-state index contributed by atoms with van der Waals surface area (Å²) >= 11 is 0. The fourth-order valence-corrected chi connectivity index (χ4v) is 5.76. The van der Waals surface area contributed by atoms with Crippen LogP contribution in [-0.4, -0.2) is 38.5 Å². The molecule has 0 aliphatic rings. The first kappa shape index (κ1) is 26.1. The zero-order valence-corrected chi connectivity index (χ0v) is 21.5. The number of nitrogens with one attached hydrogen (secondary N) is 1. The van der Waals surface area contributed by atoms with E-state index in [9.17, 15) is 13.2 Å². The number of hydrogen-bond donors (Lipinski definition) is 1. The highest BCUT2D eigenvalue weighted by Gasteiger charge is 2.30. The lowest BCUT2D eigenvalue weighted by Gasteiger charge is -2.24. The third kappa shape index (κ3) is 6.55. The van der Waals surface area contributed by atoms with E-state index in [1.165, 1.54) is 10.5 Å². The van der Waals surface area contributed by atoms with E-state index >= 15 is 0 Å². The van der Waals surface area contributed by atoms with Crippen molar-refractivity contribution in [3.05, 3.63) is 94.0 Å². The van der Waals surface area contributed by atoms with Gasteiger partial charge in [-0.05, 0) is 56.5 Å². The summed E-state index contributed by atoms with van der Waals surface area (Å²) in [7, 11) is -2.42. The lowest BCUT2D eigenvalue weighted by Crippen LogP contribution is -2.39. The topological polar surface area (TPSA) is 88.1 Å². The second-order valence-corrected chi connectivity index (χ2v) is 10.4. The molecule has 0 unspecified atom stereocenters. The molecule has 0 radical (unpaired) electrons. The predicted octanol–water partition coefficient (Wildman–Crippen LogP) is 4.27. The Kier molecular flexibility index (Phi) is 8.43. The van der Waals surface area contributed by atoms with Crippen molar-refractivity contribution in [3.63, 3.8) is 0 Å². The predicted molar refractivity (Wildman–Crippen MR) is 138 cm³/mol. The number of hydrogen-bond acceptors (Lipinski definition) is 5. The highest BCUT2D eigenvalue weighted by molar-refractivity contribution is 7.89. The summed E-state index contributed by atoms with van der Waals surface area (Å²) in [5, 5.41) is 4.00. The zero-order chi connectivity index (χ0) is 25.6. The van der Waals surface area contributed by atoms with Crippen molar-refractivity contribution >= 4 is 22.1 Å². The van der Waals surface area contributed by atoms with Crippen LogP contribution in [0.4, 0.5) is 0 Å². The molecule has 3 rings (SSSR count). The summed E-state index contributed by atoms with van der Waals surface area (Å²) < 4.78 is 34.0. The number of aryl methyl sites for hydroxylation is 4. The van der Waals surface area contributed by atoms with Gasteiger partial charge in [-0.1, -0.05) is 59.7 Å². The van der Waals surface area contributed by atoms with Gasteiger partial charge in [0.2, 0.25) is 10.0 Å². The summed E-state index contributed by atoms with van der Waals surface area (Å²) in [6.45, 7) is 7.10. The van der Waals surface area contributed by atoms with E-state index in [0.29, 0.717) is 22.4 Å². The van der Waals surface area contributed by atoms with Crippen LogP contribution in [0.2, 0.25) is 0 Å². The Balaban J connectivity index is 1.88. The van der Waals surface area contributed by atoms with Crippen LogP contribution in [-0.2, 0) is 21.4 Å². The molecule has 3 aromatic rings. The standard InChI is InChI=1S/C27H31N3O4S/c1-19-10-12-23(13-11-19)17-30(35(32,33)27-21(3)14-20(2)15-22(27)4)18-26(31)29-28-16-24-8-6-7-9-25(24)34-5/h6-16H,17-18H2,1-5H3,(H,29,31)/b28-16+. The molecule has 0 aliphatic heterocycles. The molecule has 8 heteroatoms. The van der Waals surface area contributed by atoms with Crippen molar-refractivity contribution in [2.24, 2.45) is 5.10 Å². The SMILES string of the molecule is COc1ccccc1/C=N/NC(=O)CN(Cc1ccc(C)cc1)S(=O)(=O)c1c(C)cc(C)cc1C. The Labute approximate surface area is 207 Å². The van der Waals surface area contributed by atoms with Crippen molar-refractivity contribution in [2.45, 2.75) is 39.1 Å². The largest absolute Gasteiger partial charge is 0.496 e. The van der Waals surface area contributed by atoms with Crippen LogP contribution < -0.4 is 10.2 Å². The number of ether oxygens (including phenoxy) is 1. The molecule has 0 aromatic heterocycles. The van der Waals surface area contributed by atoms with Crippen molar-refractivity contribution in [1.82, 2.24) is 9.73 Å². The van der Waals surface area contributed by atoms with Gasteiger partial charge >= 0.3 is 0 Å². The maximum absolute atomic E-state index is 13.8. The molecule has 0 fully saturated rings. The van der Waals surface area contributed by atoms with Gasteiger partial charge in [0.15, 0.2) is 0 Å². The molecule has 0 aliphatic carbocycles. The Hall–Kier alpha value is -3.49. The van der Waals surface area contributed by atoms with E-state index in [4.69, 9.17) is 4.74 Å². The summed E-state index contributed by atoms with van der Waals surface area (Å²) in [5.41, 5.74) is 7.24.